The molecule has 0 fully saturated rings. The number of aromatic nitrogens is 4. The van der Waals surface area contributed by atoms with Crippen LogP contribution < -0.4 is 43.1 Å². The standard InChI is InChI=1S/C22H28N4.2BrH/c1-17(2)25-15-23(19-9-5-7-11-21(19)25)13-14-24-16-26(18(3)4)22-12-8-6-10-20(22)24;;/h5-12,15-18H,13-14H2,1-4H3;2*1H/q+2;;/p-2. The number of para-hydroxylation sites is 4. The molecule has 0 saturated heterocycles. The minimum atomic E-state index is 0. The summed E-state index contributed by atoms with van der Waals surface area (Å²) in [5, 5.41) is 0. The van der Waals surface area contributed by atoms with E-state index in [1.807, 2.05) is 0 Å². The molecule has 4 rings (SSSR count). The Kier molecular flexibility index (Phi) is 7.46. The Morgan fingerprint density at radius 1 is 0.643 bits per heavy atom. The molecule has 2 heterocycles. The van der Waals surface area contributed by atoms with Crippen molar-refractivity contribution in [3.8, 4) is 0 Å². The largest absolute Gasteiger partial charge is 1.00 e. The van der Waals surface area contributed by atoms with Crippen LogP contribution in [0.1, 0.15) is 39.8 Å². The molecule has 0 aliphatic carbocycles. The summed E-state index contributed by atoms with van der Waals surface area (Å²) in [6.07, 6.45) is 4.52. The minimum absolute atomic E-state index is 0. The Bertz CT molecular complexity index is 977. The number of fused-ring (bicyclic) bond motifs is 2. The average Bonchev–Trinajstić information content (AvgIpc) is 3.19. The molecule has 0 unspecified atom stereocenters. The van der Waals surface area contributed by atoms with Gasteiger partial charge in [0.1, 0.15) is 13.1 Å². The van der Waals surface area contributed by atoms with Crippen LogP contribution in [0.2, 0.25) is 0 Å². The highest BCUT2D eigenvalue weighted by Crippen LogP contribution is 2.17. The van der Waals surface area contributed by atoms with E-state index in [2.05, 4.69) is 107 Å². The molecule has 0 saturated carbocycles. The SMILES string of the molecule is CC(C)n1c[n+](CC[n+]2cn(C(C)C)c3ccccc32)c2ccccc21.[Br-].[Br-]. The van der Waals surface area contributed by atoms with Gasteiger partial charge in [-0.25, -0.2) is 18.3 Å². The Morgan fingerprint density at radius 2 is 1.00 bits per heavy atom. The summed E-state index contributed by atoms with van der Waals surface area (Å²) in [5.41, 5.74) is 5.21. The van der Waals surface area contributed by atoms with E-state index >= 15 is 0 Å². The van der Waals surface area contributed by atoms with Crippen LogP contribution in [0, 0.1) is 0 Å². The lowest BCUT2D eigenvalue weighted by Crippen LogP contribution is -3.00. The number of halogens is 2. The van der Waals surface area contributed by atoms with Crippen LogP contribution >= 0.6 is 0 Å². The van der Waals surface area contributed by atoms with Crippen LogP contribution in [-0.4, -0.2) is 9.13 Å². The van der Waals surface area contributed by atoms with Crippen molar-refractivity contribution in [1.29, 1.82) is 0 Å². The summed E-state index contributed by atoms with van der Waals surface area (Å²) in [4.78, 5) is 0. The predicted octanol–water partition coefficient (Wildman–Crippen LogP) is -1.96. The Balaban J connectivity index is 0.00000140. The third-order valence-corrected chi connectivity index (χ3v) is 5.16. The zero-order chi connectivity index (χ0) is 18.3. The Labute approximate surface area is 187 Å². The molecule has 6 heteroatoms. The van der Waals surface area contributed by atoms with Crippen molar-refractivity contribution in [3.63, 3.8) is 0 Å². The second-order valence-corrected chi connectivity index (χ2v) is 7.60. The van der Waals surface area contributed by atoms with Gasteiger partial charge in [0.2, 0.25) is 12.7 Å². The first-order valence-electron chi connectivity index (χ1n) is 9.54. The summed E-state index contributed by atoms with van der Waals surface area (Å²) in [5.74, 6) is 0. The highest BCUT2D eigenvalue weighted by molar-refractivity contribution is 5.72. The molecule has 2 aromatic heterocycles. The van der Waals surface area contributed by atoms with Crippen molar-refractivity contribution >= 4 is 22.1 Å². The predicted molar refractivity (Wildman–Crippen MR) is 105 cm³/mol. The van der Waals surface area contributed by atoms with Gasteiger partial charge in [-0.2, -0.15) is 0 Å². The van der Waals surface area contributed by atoms with E-state index in [0.29, 0.717) is 12.1 Å². The molecule has 0 N–H and O–H groups in total. The van der Waals surface area contributed by atoms with E-state index in [4.69, 9.17) is 0 Å². The molecule has 0 aliphatic rings. The van der Waals surface area contributed by atoms with Crippen LogP contribution in [0.15, 0.2) is 61.2 Å². The molecule has 0 radical (unpaired) electrons. The van der Waals surface area contributed by atoms with Gasteiger partial charge in [-0.05, 0) is 52.0 Å². The maximum Gasteiger partial charge on any atom is 0.245 e. The lowest BCUT2D eigenvalue weighted by atomic mass is 10.3. The summed E-state index contributed by atoms with van der Waals surface area (Å²) in [7, 11) is 0. The molecule has 0 aliphatic heterocycles. The Hall–Kier alpha value is -1.66. The molecule has 4 aromatic rings. The molecule has 0 bridgehead atoms. The van der Waals surface area contributed by atoms with Crippen LogP contribution in [0.3, 0.4) is 0 Å². The summed E-state index contributed by atoms with van der Waals surface area (Å²) >= 11 is 0. The van der Waals surface area contributed by atoms with Crippen molar-refractivity contribution in [3.05, 3.63) is 61.2 Å². The molecule has 0 spiro atoms. The van der Waals surface area contributed by atoms with Crippen LogP contribution in [0.25, 0.3) is 22.1 Å². The van der Waals surface area contributed by atoms with Crippen molar-refractivity contribution in [1.82, 2.24) is 9.13 Å². The third-order valence-electron chi connectivity index (χ3n) is 5.16. The molecule has 2 aromatic carbocycles. The second-order valence-electron chi connectivity index (χ2n) is 7.60. The first-order valence-corrected chi connectivity index (χ1v) is 9.54. The van der Waals surface area contributed by atoms with Gasteiger partial charge in [0.25, 0.3) is 0 Å². The quantitative estimate of drug-likeness (QED) is 0.279. The monoisotopic (exact) mass is 506 g/mol. The van der Waals surface area contributed by atoms with Crippen LogP contribution in [-0.2, 0) is 13.1 Å². The smallest absolute Gasteiger partial charge is 0.245 e. The number of hydrogen-bond donors (Lipinski definition) is 0. The normalized spacial score (nSPS) is 11.2. The molecule has 0 atom stereocenters. The lowest BCUT2D eigenvalue weighted by molar-refractivity contribution is -0.755. The van der Waals surface area contributed by atoms with Gasteiger partial charge in [-0.15, -0.1) is 0 Å². The summed E-state index contributed by atoms with van der Waals surface area (Å²) in [6, 6.07) is 18.3. The van der Waals surface area contributed by atoms with E-state index in [1.165, 1.54) is 22.1 Å². The van der Waals surface area contributed by atoms with Crippen LogP contribution in [0.5, 0.6) is 0 Å². The van der Waals surface area contributed by atoms with E-state index in [1.54, 1.807) is 0 Å². The fourth-order valence-corrected chi connectivity index (χ4v) is 3.79. The van der Waals surface area contributed by atoms with Gasteiger partial charge in [0.05, 0.1) is 12.1 Å². The fourth-order valence-electron chi connectivity index (χ4n) is 3.79. The van der Waals surface area contributed by atoms with Crippen molar-refractivity contribution in [2.75, 3.05) is 0 Å². The van der Waals surface area contributed by atoms with Gasteiger partial charge in [-0.1, -0.05) is 24.3 Å². The van der Waals surface area contributed by atoms with Crippen molar-refractivity contribution in [2.24, 2.45) is 0 Å². The number of nitrogens with zero attached hydrogens (tertiary/aromatic N) is 4. The van der Waals surface area contributed by atoms with E-state index < -0.39 is 0 Å². The second kappa shape index (κ2) is 9.23. The molecule has 150 valence electrons. The number of rotatable bonds is 5. The van der Waals surface area contributed by atoms with E-state index in [0.717, 1.165) is 13.1 Å². The summed E-state index contributed by atoms with van der Waals surface area (Å²) in [6.45, 7) is 10.9. The van der Waals surface area contributed by atoms with Crippen LogP contribution in [0.4, 0.5) is 0 Å². The number of hydrogen-bond acceptors (Lipinski definition) is 0. The van der Waals surface area contributed by atoms with Crippen molar-refractivity contribution in [2.45, 2.75) is 52.9 Å². The average molecular weight is 508 g/mol. The van der Waals surface area contributed by atoms with Gasteiger partial charge in [0, 0.05) is 0 Å². The van der Waals surface area contributed by atoms with E-state index in [-0.39, 0.29) is 34.0 Å². The zero-order valence-electron chi connectivity index (χ0n) is 16.9. The number of benzene rings is 2. The topological polar surface area (TPSA) is 17.6 Å². The van der Waals surface area contributed by atoms with Gasteiger partial charge in [0.15, 0.2) is 22.1 Å². The highest BCUT2D eigenvalue weighted by atomic mass is 79.9. The lowest BCUT2D eigenvalue weighted by Gasteiger charge is -1.99. The van der Waals surface area contributed by atoms with Crippen molar-refractivity contribution < 1.29 is 43.1 Å². The third kappa shape index (κ3) is 4.03. The molecule has 28 heavy (non-hydrogen) atoms. The zero-order valence-corrected chi connectivity index (χ0v) is 20.1. The van der Waals surface area contributed by atoms with Gasteiger partial charge in [-0.3, -0.25) is 0 Å². The first-order chi connectivity index (χ1) is 12.6. The summed E-state index contributed by atoms with van der Waals surface area (Å²) < 4.78 is 9.47. The van der Waals surface area contributed by atoms with Gasteiger partial charge < -0.3 is 34.0 Å². The molecular weight excluding hydrogens is 480 g/mol. The first kappa shape index (κ1) is 22.6. The van der Waals surface area contributed by atoms with E-state index in [9.17, 15) is 0 Å². The number of aryl methyl sites for hydroxylation is 2. The van der Waals surface area contributed by atoms with Gasteiger partial charge >= 0.3 is 0 Å². The maximum atomic E-state index is 2.38. The highest BCUT2D eigenvalue weighted by Gasteiger charge is 2.20. The molecule has 4 nitrogen and oxygen atoms in total. The Morgan fingerprint density at radius 3 is 1.36 bits per heavy atom. The molecular formula is C22H28Br2N4. The molecule has 0 amide bonds. The fraction of sp³-hybridized carbons (Fsp3) is 0.364. The maximum absolute atomic E-state index is 2.38. The number of imidazole rings is 2. The minimum Gasteiger partial charge on any atom is -1.00 e.